The van der Waals surface area contributed by atoms with Crippen molar-refractivity contribution in [2.45, 2.75) is 33.6 Å². The lowest BCUT2D eigenvalue weighted by molar-refractivity contribution is 0.418. The van der Waals surface area contributed by atoms with Gasteiger partial charge in [0.2, 0.25) is 0 Å². The highest BCUT2D eigenvalue weighted by atomic mass is 32.1. The lowest BCUT2D eigenvalue weighted by atomic mass is 9.93. The minimum Gasteiger partial charge on any atom is -0.355 e. The SMILES string of the molecule is CCc1nc(N2CCC(C)(C)C2)c2ccsc2n1. The highest BCUT2D eigenvalue weighted by molar-refractivity contribution is 7.16. The molecule has 0 aromatic carbocycles. The number of rotatable bonds is 2. The Labute approximate surface area is 112 Å². The predicted octanol–water partition coefficient (Wildman–Crippen LogP) is 3.49. The number of fused-ring (bicyclic) bond motifs is 1. The van der Waals surface area contributed by atoms with Crippen LogP contribution in [-0.4, -0.2) is 23.1 Å². The van der Waals surface area contributed by atoms with Gasteiger partial charge < -0.3 is 4.90 Å². The molecule has 1 aliphatic rings. The fourth-order valence-corrected chi connectivity index (χ4v) is 3.35. The monoisotopic (exact) mass is 261 g/mol. The highest BCUT2D eigenvalue weighted by Gasteiger charge is 2.31. The Bertz CT molecular complexity index is 573. The van der Waals surface area contributed by atoms with Gasteiger partial charge in [0, 0.05) is 19.5 Å². The van der Waals surface area contributed by atoms with Crippen LogP contribution >= 0.6 is 11.3 Å². The minimum absolute atomic E-state index is 0.402. The van der Waals surface area contributed by atoms with Crippen molar-refractivity contribution in [3.8, 4) is 0 Å². The molecule has 1 saturated heterocycles. The first-order chi connectivity index (χ1) is 8.59. The minimum atomic E-state index is 0.402. The number of nitrogens with zero attached hydrogens (tertiary/aromatic N) is 3. The number of thiophene rings is 1. The molecule has 2 aromatic heterocycles. The molecular formula is C14H19N3S. The van der Waals surface area contributed by atoms with E-state index in [0.717, 1.165) is 36.0 Å². The van der Waals surface area contributed by atoms with Crippen molar-refractivity contribution in [3.05, 3.63) is 17.3 Å². The summed E-state index contributed by atoms with van der Waals surface area (Å²) in [6.45, 7) is 8.99. The second kappa shape index (κ2) is 4.19. The topological polar surface area (TPSA) is 29.0 Å². The fraction of sp³-hybridized carbons (Fsp3) is 0.571. The summed E-state index contributed by atoms with van der Waals surface area (Å²) in [7, 11) is 0. The number of aryl methyl sites for hydroxylation is 1. The number of anilines is 1. The van der Waals surface area contributed by atoms with Gasteiger partial charge in [-0.05, 0) is 23.3 Å². The van der Waals surface area contributed by atoms with Crippen LogP contribution in [-0.2, 0) is 6.42 Å². The Morgan fingerprint density at radius 3 is 2.89 bits per heavy atom. The molecule has 96 valence electrons. The Hall–Kier alpha value is -1.16. The van der Waals surface area contributed by atoms with Crippen LogP contribution in [0.5, 0.6) is 0 Å². The molecule has 0 aliphatic carbocycles. The van der Waals surface area contributed by atoms with Gasteiger partial charge in [0.1, 0.15) is 16.5 Å². The molecule has 0 bridgehead atoms. The molecule has 0 unspecified atom stereocenters. The molecule has 2 aromatic rings. The third-order valence-electron chi connectivity index (χ3n) is 3.64. The molecule has 3 nitrogen and oxygen atoms in total. The average molecular weight is 261 g/mol. The van der Waals surface area contributed by atoms with Crippen molar-refractivity contribution >= 4 is 27.4 Å². The molecule has 18 heavy (non-hydrogen) atoms. The molecular weight excluding hydrogens is 242 g/mol. The molecule has 4 heteroatoms. The van der Waals surface area contributed by atoms with Gasteiger partial charge in [0.25, 0.3) is 0 Å². The van der Waals surface area contributed by atoms with Crippen molar-refractivity contribution < 1.29 is 0 Å². The molecule has 0 amide bonds. The maximum atomic E-state index is 4.76. The van der Waals surface area contributed by atoms with Crippen molar-refractivity contribution in [2.75, 3.05) is 18.0 Å². The highest BCUT2D eigenvalue weighted by Crippen LogP contribution is 2.35. The Morgan fingerprint density at radius 1 is 1.39 bits per heavy atom. The van der Waals surface area contributed by atoms with E-state index in [1.807, 2.05) is 0 Å². The summed E-state index contributed by atoms with van der Waals surface area (Å²) in [5.41, 5.74) is 0.402. The van der Waals surface area contributed by atoms with Gasteiger partial charge in [-0.1, -0.05) is 20.8 Å². The molecule has 0 radical (unpaired) electrons. The first-order valence-electron chi connectivity index (χ1n) is 6.58. The van der Waals surface area contributed by atoms with Crippen molar-refractivity contribution in [1.29, 1.82) is 0 Å². The van der Waals surface area contributed by atoms with Gasteiger partial charge in [-0.15, -0.1) is 11.3 Å². The van der Waals surface area contributed by atoms with Gasteiger partial charge in [0.15, 0.2) is 0 Å². The van der Waals surface area contributed by atoms with E-state index >= 15 is 0 Å². The Kier molecular flexibility index (Phi) is 2.77. The first kappa shape index (κ1) is 11.9. The van der Waals surface area contributed by atoms with Crippen LogP contribution in [0.4, 0.5) is 5.82 Å². The molecule has 0 spiro atoms. The quantitative estimate of drug-likeness (QED) is 0.828. The van der Waals surface area contributed by atoms with E-state index < -0.39 is 0 Å². The van der Waals surface area contributed by atoms with Crippen LogP contribution in [0.3, 0.4) is 0 Å². The number of aromatic nitrogens is 2. The lowest BCUT2D eigenvalue weighted by Gasteiger charge is -2.21. The maximum absolute atomic E-state index is 4.76. The lowest BCUT2D eigenvalue weighted by Crippen LogP contribution is -2.24. The molecule has 3 heterocycles. The van der Waals surface area contributed by atoms with Crippen molar-refractivity contribution in [2.24, 2.45) is 5.41 Å². The van der Waals surface area contributed by atoms with E-state index in [0.29, 0.717) is 5.41 Å². The smallest absolute Gasteiger partial charge is 0.141 e. The van der Waals surface area contributed by atoms with Gasteiger partial charge >= 0.3 is 0 Å². The van der Waals surface area contributed by atoms with E-state index in [-0.39, 0.29) is 0 Å². The second-order valence-corrected chi connectivity index (χ2v) is 6.69. The molecule has 0 saturated carbocycles. The maximum Gasteiger partial charge on any atom is 0.141 e. The molecule has 1 aliphatic heterocycles. The summed E-state index contributed by atoms with van der Waals surface area (Å²) >= 11 is 1.71. The van der Waals surface area contributed by atoms with Crippen LogP contribution in [0, 0.1) is 5.41 Å². The van der Waals surface area contributed by atoms with Gasteiger partial charge in [0.05, 0.1) is 5.39 Å². The molecule has 3 rings (SSSR count). The van der Waals surface area contributed by atoms with Crippen LogP contribution < -0.4 is 4.90 Å². The Morgan fingerprint density at radius 2 is 2.22 bits per heavy atom. The fourth-order valence-electron chi connectivity index (χ4n) is 2.58. The van der Waals surface area contributed by atoms with Crippen molar-refractivity contribution in [1.82, 2.24) is 9.97 Å². The summed E-state index contributed by atoms with van der Waals surface area (Å²) < 4.78 is 0. The Balaban J connectivity index is 2.07. The van der Waals surface area contributed by atoms with E-state index in [2.05, 4.69) is 42.1 Å². The largest absolute Gasteiger partial charge is 0.355 e. The standard InChI is InChI=1S/C14H19N3S/c1-4-11-15-12(10-5-8-18-13(10)16-11)17-7-6-14(2,3)9-17/h5,8H,4,6-7,9H2,1-3H3. The second-order valence-electron chi connectivity index (χ2n) is 5.79. The van der Waals surface area contributed by atoms with E-state index in [1.54, 1.807) is 11.3 Å². The van der Waals surface area contributed by atoms with E-state index in [9.17, 15) is 0 Å². The summed E-state index contributed by atoms with van der Waals surface area (Å²) in [4.78, 5) is 12.9. The third-order valence-corrected chi connectivity index (χ3v) is 4.45. The third kappa shape index (κ3) is 1.99. The zero-order valence-corrected chi connectivity index (χ0v) is 12.0. The van der Waals surface area contributed by atoms with Crippen molar-refractivity contribution in [3.63, 3.8) is 0 Å². The number of hydrogen-bond acceptors (Lipinski definition) is 4. The van der Waals surface area contributed by atoms with E-state index in [4.69, 9.17) is 4.98 Å². The van der Waals surface area contributed by atoms with Crippen LogP contribution in [0.2, 0.25) is 0 Å². The average Bonchev–Trinajstić information content (AvgIpc) is 2.93. The van der Waals surface area contributed by atoms with Gasteiger partial charge in [-0.3, -0.25) is 0 Å². The molecule has 1 fully saturated rings. The summed E-state index contributed by atoms with van der Waals surface area (Å²) in [6.07, 6.45) is 2.14. The predicted molar refractivity (Wildman–Crippen MR) is 77.4 cm³/mol. The van der Waals surface area contributed by atoms with Crippen LogP contribution in [0.25, 0.3) is 10.2 Å². The van der Waals surface area contributed by atoms with Crippen LogP contribution in [0.15, 0.2) is 11.4 Å². The zero-order valence-electron chi connectivity index (χ0n) is 11.2. The first-order valence-corrected chi connectivity index (χ1v) is 7.46. The van der Waals surface area contributed by atoms with Gasteiger partial charge in [-0.2, -0.15) is 0 Å². The molecule has 0 atom stereocenters. The van der Waals surface area contributed by atoms with Crippen LogP contribution in [0.1, 0.15) is 33.0 Å². The number of hydrogen-bond donors (Lipinski definition) is 0. The summed E-state index contributed by atoms with van der Waals surface area (Å²) in [5, 5.41) is 3.33. The zero-order chi connectivity index (χ0) is 12.8. The summed E-state index contributed by atoms with van der Waals surface area (Å²) in [5.74, 6) is 2.10. The van der Waals surface area contributed by atoms with Gasteiger partial charge in [-0.25, -0.2) is 9.97 Å². The van der Waals surface area contributed by atoms with E-state index in [1.165, 1.54) is 11.8 Å². The summed E-state index contributed by atoms with van der Waals surface area (Å²) in [6, 6.07) is 2.15. The normalized spacial score (nSPS) is 18.7. The molecule has 0 N–H and O–H groups in total.